The monoisotopic (exact) mass is 353 g/mol. The Morgan fingerprint density at radius 2 is 1.71 bits per heavy atom. The third kappa shape index (κ3) is 4.35. The van der Waals surface area contributed by atoms with Gasteiger partial charge in [0.2, 0.25) is 0 Å². The minimum atomic E-state index is -0.251. The molecule has 21 heavy (non-hydrogen) atoms. The summed E-state index contributed by atoms with van der Waals surface area (Å²) in [7, 11) is 0. The third-order valence-corrected chi connectivity index (χ3v) is 3.91. The third-order valence-electron chi connectivity index (χ3n) is 3.42. The highest BCUT2D eigenvalue weighted by atomic mass is 79.9. The highest BCUT2D eigenvalue weighted by Gasteiger charge is 2.16. The number of halogens is 3. The molecule has 0 bridgehead atoms. The molecule has 4 heteroatoms. The molecule has 0 saturated carbocycles. The predicted octanol–water partition coefficient (Wildman–Crippen LogP) is 5.21. The smallest absolute Gasteiger partial charge is 0.127 e. The second-order valence-corrected chi connectivity index (χ2v) is 6.31. The Kier molecular flexibility index (Phi) is 5.48. The van der Waals surface area contributed by atoms with E-state index in [1.54, 1.807) is 24.3 Å². The maximum Gasteiger partial charge on any atom is 0.127 e. The number of hydrogen-bond donors (Lipinski definition) is 1. The Morgan fingerprint density at radius 1 is 1.05 bits per heavy atom. The fraction of sp³-hybridized carbons (Fsp3) is 0.294. The van der Waals surface area contributed by atoms with Crippen LogP contribution in [0.4, 0.5) is 8.78 Å². The van der Waals surface area contributed by atoms with Crippen LogP contribution in [0.5, 0.6) is 0 Å². The van der Waals surface area contributed by atoms with Gasteiger partial charge in [0, 0.05) is 22.6 Å². The van der Waals surface area contributed by atoms with Crippen LogP contribution >= 0.6 is 15.9 Å². The van der Waals surface area contributed by atoms with Crippen LogP contribution in [0, 0.1) is 17.6 Å². The first-order valence-electron chi connectivity index (χ1n) is 6.90. The largest absolute Gasteiger partial charge is 0.306 e. The molecular formula is C17H18BrF2N. The average molecular weight is 354 g/mol. The van der Waals surface area contributed by atoms with Gasteiger partial charge >= 0.3 is 0 Å². The number of hydrogen-bond acceptors (Lipinski definition) is 1. The molecule has 2 rings (SSSR count). The lowest BCUT2D eigenvalue weighted by Crippen LogP contribution is -2.25. The van der Waals surface area contributed by atoms with Gasteiger partial charge in [-0.2, -0.15) is 0 Å². The number of nitrogens with one attached hydrogen (secondary N) is 1. The first kappa shape index (κ1) is 16.1. The van der Waals surface area contributed by atoms with Crippen molar-refractivity contribution >= 4 is 15.9 Å². The predicted molar refractivity (Wildman–Crippen MR) is 84.9 cm³/mol. The molecule has 0 aliphatic heterocycles. The van der Waals surface area contributed by atoms with E-state index < -0.39 is 0 Å². The molecule has 0 aromatic heterocycles. The Labute approximate surface area is 132 Å². The quantitative estimate of drug-likeness (QED) is 0.777. The lowest BCUT2D eigenvalue weighted by molar-refractivity contribution is 0.406. The summed E-state index contributed by atoms with van der Waals surface area (Å²) in [6.07, 6.45) is 0. The Morgan fingerprint density at radius 3 is 2.33 bits per heavy atom. The van der Waals surface area contributed by atoms with E-state index >= 15 is 0 Å². The van der Waals surface area contributed by atoms with Gasteiger partial charge in [-0.15, -0.1) is 0 Å². The number of rotatable bonds is 5. The van der Waals surface area contributed by atoms with Crippen molar-refractivity contribution in [3.05, 3.63) is 69.7 Å². The molecule has 2 aromatic carbocycles. The zero-order chi connectivity index (χ0) is 15.4. The maximum absolute atomic E-state index is 13.8. The molecule has 112 valence electrons. The summed E-state index contributed by atoms with van der Waals surface area (Å²) in [6.45, 7) is 4.59. The minimum absolute atomic E-state index is 0.0454. The fourth-order valence-electron chi connectivity index (χ4n) is 2.31. The van der Waals surface area contributed by atoms with Crippen molar-refractivity contribution in [2.75, 3.05) is 0 Å². The molecule has 0 heterocycles. The van der Waals surface area contributed by atoms with Crippen molar-refractivity contribution in [2.24, 2.45) is 5.92 Å². The van der Waals surface area contributed by atoms with Crippen molar-refractivity contribution in [2.45, 2.75) is 26.4 Å². The highest BCUT2D eigenvalue weighted by Crippen LogP contribution is 2.23. The van der Waals surface area contributed by atoms with Gasteiger partial charge in [0.1, 0.15) is 11.6 Å². The average Bonchev–Trinajstić information content (AvgIpc) is 2.44. The molecule has 0 fully saturated rings. The molecule has 0 spiro atoms. The van der Waals surface area contributed by atoms with Crippen LogP contribution in [0.15, 0.2) is 46.9 Å². The summed E-state index contributed by atoms with van der Waals surface area (Å²) in [5, 5.41) is 3.36. The molecule has 0 aliphatic rings. The van der Waals surface area contributed by atoms with Gasteiger partial charge in [-0.05, 0) is 41.8 Å². The molecule has 1 N–H and O–H groups in total. The summed E-state index contributed by atoms with van der Waals surface area (Å²) in [4.78, 5) is 0. The van der Waals surface area contributed by atoms with Gasteiger partial charge in [0.15, 0.2) is 0 Å². The van der Waals surface area contributed by atoms with Crippen LogP contribution in [-0.2, 0) is 6.54 Å². The van der Waals surface area contributed by atoms with E-state index in [1.165, 1.54) is 18.2 Å². The Balaban J connectivity index is 2.13. The van der Waals surface area contributed by atoms with Crippen LogP contribution in [0.3, 0.4) is 0 Å². The summed E-state index contributed by atoms with van der Waals surface area (Å²) in [5.41, 5.74) is 1.61. The van der Waals surface area contributed by atoms with Crippen molar-refractivity contribution < 1.29 is 8.78 Å². The normalized spacial score (nSPS) is 12.7. The van der Waals surface area contributed by atoms with E-state index in [2.05, 4.69) is 35.1 Å². The molecular weight excluding hydrogens is 336 g/mol. The zero-order valence-electron chi connectivity index (χ0n) is 12.0. The molecule has 0 radical (unpaired) electrons. The van der Waals surface area contributed by atoms with Gasteiger partial charge in [-0.25, -0.2) is 8.78 Å². The van der Waals surface area contributed by atoms with Crippen molar-refractivity contribution in [3.63, 3.8) is 0 Å². The van der Waals surface area contributed by atoms with E-state index in [1.807, 2.05) is 0 Å². The van der Waals surface area contributed by atoms with Gasteiger partial charge in [-0.3, -0.25) is 0 Å². The van der Waals surface area contributed by atoms with Crippen molar-refractivity contribution in [1.82, 2.24) is 5.32 Å². The van der Waals surface area contributed by atoms with E-state index in [0.717, 1.165) is 10.0 Å². The van der Waals surface area contributed by atoms with Crippen LogP contribution in [-0.4, -0.2) is 0 Å². The fourth-order valence-corrected chi connectivity index (χ4v) is 2.72. The van der Waals surface area contributed by atoms with Crippen LogP contribution < -0.4 is 5.32 Å². The Bertz CT molecular complexity index is 596. The maximum atomic E-state index is 13.8. The summed E-state index contributed by atoms with van der Waals surface area (Å²) >= 11 is 3.35. The van der Waals surface area contributed by atoms with Crippen LogP contribution in [0.25, 0.3) is 0 Å². The first-order chi connectivity index (χ1) is 9.97. The number of benzene rings is 2. The molecule has 0 aliphatic carbocycles. The molecule has 0 saturated heterocycles. The summed E-state index contributed by atoms with van der Waals surface area (Å²) < 4.78 is 27.6. The highest BCUT2D eigenvalue weighted by molar-refractivity contribution is 9.10. The topological polar surface area (TPSA) is 12.0 Å². The standard InChI is InChI=1S/C17H18BrF2N/c1-11(2)17(12-3-6-15(19)7-4-12)21-10-13-9-14(18)5-8-16(13)20/h3-9,11,17,21H,10H2,1-2H3. The first-order valence-corrected chi connectivity index (χ1v) is 7.69. The lowest BCUT2D eigenvalue weighted by atomic mass is 9.95. The van der Waals surface area contributed by atoms with Gasteiger partial charge in [-0.1, -0.05) is 41.9 Å². The second kappa shape index (κ2) is 7.14. The van der Waals surface area contributed by atoms with E-state index in [9.17, 15) is 8.78 Å². The van der Waals surface area contributed by atoms with Crippen molar-refractivity contribution in [3.8, 4) is 0 Å². The van der Waals surface area contributed by atoms with Crippen molar-refractivity contribution in [1.29, 1.82) is 0 Å². The SMILES string of the molecule is CC(C)C(NCc1cc(Br)ccc1F)c1ccc(F)cc1. The lowest BCUT2D eigenvalue weighted by Gasteiger charge is -2.23. The Hall–Kier alpha value is -1.26. The molecule has 1 atom stereocenters. The van der Waals surface area contributed by atoms with Crippen LogP contribution in [0.2, 0.25) is 0 Å². The second-order valence-electron chi connectivity index (χ2n) is 5.39. The molecule has 2 aromatic rings. The minimum Gasteiger partial charge on any atom is -0.306 e. The molecule has 1 nitrogen and oxygen atoms in total. The van der Waals surface area contributed by atoms with Crippen LogP contribution in [0.1, 0.15) is 31.0 Å². The van der Waals surface area contributed by atoms with Gasteiger partial charge in [0.25, 0.3) is 0 Å². The zero-order valence-corrected chi connectivity index (χ0v) is 13.6. The van der Waals surface area contributed by atoms with Gasteiger partial charge in [0.05, 0.1) is 0 Å². The van der Waals surface area contributed by atoms with E-state index in [-0.39, 0.29) is 17.7 Å². The summed E-state index contributed by atoms with van der Waals surface area (Å²) in [5.74, 6) is -0.169. The molecule has 0 amide bonds. The molecule has 1 unspecified atom stereocenters. The van der Waals surface area contributed by atoms with E-state index in [0.29, 0.717) is 18.0 Å². The summed E-state index contributed by atoms with van der Waals surface area (Å²) in [6, 6.07) is 11.4. The van der Waals surface area contributed by atoms with Gasteiger partial charge < -0.3 is 5.32 Å². The van der Waals surface area contributed by atoms with E-state index in [4.69, 9.17) is 0 Å².